The third-order valence-corrected chi connectivity index (χ3v) is 8.27. The second-order valence-electron chi connectivity index (χ2n) is 8.38. The van der Waals surface area contributed by atoms with Crippen LogP contribution in [0, 0.1) is 11.6 Å². The highest BCUT2D eigenvalue weighted by molar-refractivity contribution is 7.89. The van der Waals surface area contributed by atoms with Gasteiger partial charge in [-0.3, -0.25) is 4.90 Å². The molecule has 1 unspecified atom stereocenters. The van der Waals surface area contributed by atoms with Crippen LogP contribution >= 0.6 is 11.6 Å². The van der Waals surface area contributed by atoms with Gasteiger partial charge in [-0.25, -0.2) is 17.2 Å². The van der Waals surface area contributed by atoms with E-state index in [2.05, 4.69) is 4.90 Å². The van der Waals surface area contributed by atoms with Crippen molar-refractivity contribution in [2.75, 3.05) is 46.4 Å². The van der Waals surface area contributed by atoms with Gasteiger partial charge >= 0.3 is 0 Å². The molecular formula is C26H27ClF2N2O4S. The Morgan fingerprint density at radius 1 is 0.917 bits per heavy atom. The molecule has 3 aromatic rings. The van der Waals surface area contributed by atoms with Gasteiger partial charge in [0.25, 0.3) is 0 Å². The fraction of sp³-hybridized carbons (Fsp3) is 0.308. The van der Waals surface area contributed by atoms with E-state index in [1.54, 1.807) is 12.1 Å². The van der Waals surface area contributed by atoms with E-state index < -0.39 is 27.8 Å². The van der Waals surface area contributed by atoms with E-state index in [1.165, 1.54) is 23.5 Å². The Labute approximate surface area is 215 Å². The fourth-order valence-corrected chi connectivity index (χ4v) is 6.01. The van der Waals surface area contributed by atoms with Gasteiger partial charge < -0.3 is 9.47 Å². The first-order chi connectivity index (χ1) is 17.3. The zero-order chi connectivity index (χ0) is 25.7. The Morgan fingerprint density at radius 3 is 2.31 bits per heavy atom. The highest BCUT2D eigenvalue weighted by Gasteiger charge is 2.31. The summed E-state index contributed by atoms with van der Waals surface area (Å²) in [6, 6.07) is 17.6. The molecule has 1 aliphatic rings. The topological polar surface area (TPSA) is 59.1 Å². The van der Waals surface area contributed by atoms with E-state index in [1.807, 2.05) is 30.3 Å². The number of benzene rings is 3. The van der Waals surface area contributed by atoms with E-state index in [4.69, 9.17) is 21.1 Å². The van der Waals surface area contributed by atoms with Crippen molar-refractivity contribution in [1.29, 1.82) is 0 Å². The lowest BCUT2D eigenvalue weighted by molar-refractivity contribution is 0.0525. The van der Waals surface area contributed by atoms with Crippen molar-refractivity contribution >= 4 is 21.6 Å². The highest BCUT2D eigenvalue weighted by Crippen LogP contribution is 2.30. The molecule has 1 atom stereocenters. The summed E-state index contributed by atoms with van der Waals surface area (Å²) in [6.07, 6.45) is -0.557. The molecule has 0 spiro atoms. The smallest absolute Gasteiger partial charge is 0.246 e. The number of hydrogen-bond acceptors (Lipinski definition) is 5. The first-order valence-corrected chi connectivity index (χ1v) is 13.3. The summed E-state index contributed by atoms with van der Waals surface area (Å²) in [6.45, 7) is 2.54. The number of nitrogens with zero attached hydrogens (tertiary/aromatic N) is 2. The zero-order valence-corrected chi connectivity index (χ0v) is 21.3. The Morgan fingerprint density at radius 2 is 1.64 bits per heavy atom. The molecule has 0 radical (unpaired) electrons. The van der Waals surface area contributed by atoms with E-state index in [9.17, 15) is 17.2 Å². The largest absolute Gasteiger partial charge is 0.495 e. The molecule has 1 saturated heterocycles. The number of hydrogen-bond donors (Lipinski definition) is 0. The Balaban J connectivity index is 1.37. The maximum atomic E-state index is 13.9. The van der Waals surface area contributed by atoms with Crippen molar-refractivity contribution in [3.63, 3.8) is 0 Å². The third kappa shape index (κ3) is 6.04. The normalized spacial score (nSPS) is 16.1. The van der Waals surface area contributed by atoms with Gasteiger partial charge in [0.05, 0.1) is 13.7 Å². The molecule has 10 heteroatoms. The van der Waals surface area contributed by atoms with Gasteiger partial charge in [-0.2, -0.15) is 4.31 Å². The molecule has 1 heterocycles. The second-order valence-corrected chi connectivity index (χ2v) is 10.7. The summed E-state index contributed by atoms with van der Waals surface area (Å²) in [5.74, 6) is -1.58. The molecular weight excluding hydrogens is 510 g/mol. The van der Waals surface area contributed by atoms with Crippen LogP contribution in [0.2, 0.25) is 5.02 Å². The van der Waals surface area contributed by atoms with Crippen molar-refractivity contribution in [3.8, 4) is 5.75 Å². The predicted molar refractivity (Wildman–Crippen MR) is 134 cm³/mol. The molecule has 3 aromatic carbocycles. The number of sulfonamides is 1. The standard InChI is InChI=1S/C26H27ClF2N2O4S/c1-34-24-10-8-21(27)18-25(24)36(32,33)31-13-11-30(12-14-31)15-16-35-26(19-5-3-2-4-6-19)20-7-9-22(28)23(29)17-20/h2-10,17-18,26H,11-16H2,1H3. The number of rotatable bonds is 9. The van der Waals surface area contributed by atoms with Crippen molar-refractivity contribution in [3.05, 3.63) is 94.5 Å². The van der Waals surface area contributed by atoms with Gasteiger partial charge in [0.1, 0.15) is 16.7 Å². The van der Waals surface area contributed by atoms with Gasteiger partial charge in [0, 0.05) is 37.7 Å². The van der Waals surface area contributed by atoms with Gasteiger partial charge in [0.2, 0.25) is 10.0 Å². The average molecular weight is 537 g/mol. The number of halogens is 3. The minimum atomic E-state index is -3.76. The van der Waals surface area contributed by atoms with Gasteiger partial charge in [-0.05, 0) is 41.5 Å². The molecule has 6 nitrogen and oxygen atoms in total. The Hall–Kier alpha value is -2.56. The molecule has 4 rings (SSSR count). The van der Waals surface area contributed by atoms with E-state index >= 15 is 0 Å². The lowest BCUT2D eigenvalue weighted by Gasteiger charge is -2.34. The maximum absolute atomic E-state index is 13.9. The summed E-state index contributed by atoms with van der Waals surface area (Å²) in [5.41, 5.74) is 1.35. The molecule has 192 valence electrons. The minimum absolute atomic E-state index is 0.0477. The van der Waals surface area contributed by atoms with E-state index in [-0.39, 0.29) is 10.6 Å². The Bertz CT molecular complexity index is 1290. The zero-order valence-electron chi connectivity index (χ0n) is 19.7. The first kappa shape index (κ1) is 26.5. The lowest BCUT2D eigenvalue weighted by atomic mass is 10.0. The minimum Gasteiger partial charge on any atom is -0.495 e. The number of ether oxygens (including phenoxy) is 2. The first-order valence-electron chi connectivity index (χ1n) is 11.5. The molecule has 0 aromatic heterocycles. The molecule has 0 aliphatic carbocycles. The highest BCUT2D eigenvalue weighted by atomic mass is 35.5. The van der Waals surface area contributed by atoms with Crippen LogP contribution in [0.3, 0.4) is 0 Å². The molecule has 1 fully saturated rings. The summed E-state index contributed by atoms with van der Waals surface area (Å²) in [5, 5.41) is 0.319. The lowest BCUT2D eigenvalue weighted by Crippen LogP contribution is -2.49. The van der Waals surface area contributed by atoms with Crippen LogP contribution in [0.5, 0.6) is 5.75 Å². The number of piperazine rings is 1. The summed E-state index contributed by atoms with van der Waals surface area (Å²) in [4.78, 5) is 2.15. The maximum Gasteiger partial charge on any atom is 0.246 e. The fourth-order valence-electron chi connectivity index (χ4n) is 4.17. The molecule has 0 saturated carbocycles. The predicted octanol–water partition coefficient (Wildman–Crippen LogP) is 4.74. The molecule has 0 N–H and O–H groups in total. The molecule has 0 bridgehead atoms. The molecule has 36 heavy (non-hydrogen) atoms. The van der Waals surface area contributed by atoms with Crippen molar-refractivity contribution in [2.24, 2.45) is 0 Å². The van der Waals surface area contributed by atoms with Crippen molar-refractivity contribution < 1.29 is 26.7 Å². The second kappa shape index (κ2) is 11.7. The number of methoxy groups -OCH3 is 1. The van der Waals surface area contributed by atoms with Gasteiger partial charge in [-0.15, -0.1) is 0 Å². The molecule has 1 aliphatic heterocycles. The van der Waals surface area contributed by atoms with Gasteiger partial charge in [0.15, 0.2) is 11.6 Å². The monoisotopic (exact) mass is 536 g/mol. The van der Waals surface area contributed by atoms with Crippen LogP contribution in [-0.2, 0) is 14.8 Å². The van der Waals surface area contributed by atoms with E-state index in [0.717, 1.165) is 17.7 Å². The van der Waals surface area contributed by atoms with Crippen LogP contribution in [0.4, 0.5) is 8.78 Å². The van der Waals surface area contributed by atoms with Gasteiger partial charge in [-0.1, -0.05) is 48.0 Å². The van der Waals surface area contributed by atoms with Crippen LogP contribution < -0.4 is 4.74 Å². The van der Waals surface area contributed by atoms with Crippen LogP contribution in [0.1, 0.15) is 17.2 Å². The van der Waals surface area contributed by atoms with Crippen molar-refractivity contribution in [2.45, 2.75) is 11.0 Å². The summed E-state index contributed by atoms with van der Waals surface area (Å²) < 4.78 is 66.5. The van der Waals surface area contributed by atoms with Crippen LogP contribution in [0.25, 0.3) is 0 Å². The summed E-state index contributed by atoms with van der Waals surface area (Å²) >= 11 is 6.03. The van der Waals surface area contributed by atoms with Crippen LogP contribution in [-0.4, -0.2) is 64.1 Å². The summed E-state index contributed by atoms with van der Waals surface area (Å²) in [7, 11) is -2.34. The quantitative estimate of drug-likeness (QED) is 0.395. The SMILES string of the molecule is COc1ccc(Cl)cc1S(=O)(=O)N1CCN(CCOC(c2ccccc2)c2ccc(F)c(F)c2)CC1. The van der Waals surface area contributed by atoms with Crippen molar-refractivity contribution in [1.82, 2.24) is 9.21 Å². The van der Waals surface area contributed by atoms with E-state index in [0.29, 0.717) is 49.9 Å². The average Bonchev–Trinajstić information content (AvgIpc) is 2.89. The Kier molecular flexibility index (Phi) is 8.58. The molecule has 0 amide bonds. The van der Waals surface area contributed by atoms with Crippen LogP contribution in [0.15, 0.2) is 71.6 Å². The third-order valence-electron chi connectivity index (χ3n) is 6.12.